The molecule has 0 saturated carbocycles. The molecule has 2 heteroatoms. The summed E-state index contributed by atoms with van der Waals surface area (Å²) in [5.41, 5.74) is 1.70. The predicted octanol–water partition coefficient (Wildman–Crippen LogP) is 6.24. The maximum atomic E-state index is 3.59. The molecule has 0 aliphatic carbocycles. The zero-order chi connectivity index (χ0) is 14.2. The van der Waals surface area contributed by atoms with Gasteiger partial charge in [-0.15, -0.1) is 0 Å². The van der Waals surface area contributed by atoms with E-state index < -0.39 is 8.07 Å². The van der Waals surface area contributed by atoms with E-state index in [1.54, 1.807) is 0 Å². The van der Waals surface area contributed by atoms with E-state index in [1.807, 2.05) is 0 Å². The largest absolute Gasteiger partial charge is 0.0689 e. The van der Waals surface area contributed by atoms with Gasteiger partial charge in [-0.1, -0.05) is 75.8 Å². The van der Waals surface area contributed by atoms with E-state index in [-0.39, 0.29) is 5.41 Å². The van der Waals surface area contributed by atoms with Gasteiger partial charge < -0.3 is 0 Å². The second kappa shape index (κ2) is 5.13. The zero-order valence-electron chi connectivity index (χ0n) is 12.9. The lowest BCUT2D eigenvalue weighted by atomic mass is 9.87. The third-order valence-corrected chi connectivity index (χ3v) is 10.8. The van der Waals surface area contributed by atoms with Gasteiger partial charge in [0.25, 0.3) is 0 Å². The molecule has 1 aromatic rings. The van der Waals surface area contributed by atoms with E-state index in [4.69, 9.17) is 0 Å². The first-order valence-corrected chi connectivity index (χ1v) is 10.7. The molecule has 18 heavy (non-hydrogen) atoms. The lowest BCUT2D eigenvalue weighted by molar-refractivity contribution is 0.561. The summed E-state index contributed by atoms with van der Waals surface area (Å²) < 4.78 is 1.18. The molecule has 0 aromatic heterocycles. The molecule has 0 fully saturated rings. The van der Waals surface area contributed by atoms with Crippen molar-refractivity contribution in [1.29, 1.82) is 0 Å². The first kappa shape index (κ1) is 16.0. The Labute approximate surface area is 122 Å². The minimum absolute atomic E-state index is 0.257. The maximum absolute atomic E-state index is 3.59. The summed E-state index contributed by atoms with van der Waals surface area (Å²) in [7, 11) is -1.26. The molecule has 0 aliphatic heterocycles. The van der Waals surface area contributed by atoms with Crippen LogP contribution in [0, 0.1) is 0 Å². The molecule has 0 saturated heterocycles. The maximum Gasteiger partial charge on any atom is 0.0536 e. The van der Waals surface area contributed by atoms with Crippen LogP contribution >= 0.6 is 15.9 Å². The average molecular weight is 327 g/mol. The summed E-state index contributed by atoms with van der Waals surface area (Å²) in [5, 5.41) is 0.455. The van der Waals surface area contributed by atoms with Gasteiger partial charge in [-0.05, 0) is 34.2 Å². The van der Waals surface area contributed by atoms with Crippen LogP contribution in [-0.2, 0) is 5.41 Å². The third kappa shape index (κ3) is 3.71. The van der Waals surface area contributed by atoms with E-state index in [1.165, 1.54) is 16.1 Å². The van der Waals surface area contributed by atoms with Crippen LogP contribution in [0.5, 0.6) is 0 Å². The quantitative estimate of drug-likeness (QED) is 0.577. The van der Waals surface area contributed by atoms with Gasteiger partial charge in [0.2, 0.25) is 0 Å². The molecule has 0 spiro atoms. The number of benzene rings is 1. The molecular formula is C16H27BrSi. The summed E-state index contributed by atoms with van der Waals surface area (Å²) in [6.07, 6.45) is 0. The van der Waals surface area contributed by atoms with E-state index in [2.05, 4.69) is 87.9 Å². The van der Waals surface area contributed by atoms with Crippen molar-refractivity contribution >= 4 is 24.0 Å². The van der Waals surface area contributed by atoms with Gasteiger partial charge in [-0.3, -0.25) is 0 Å². The molecule has 0 nitrogen and oxygen atoms in total. The van der Waals surface area contributed by atoms with Crippen LogP contribution < -0.4 is 0 Å². The highest BCUT2D eigenvalue weighted by Crippen LogP contribution is 2.44. The number of hydrogen-bond donors (Lipinski definition) is 0. The summed E-state index contributed by atoms with van der Waals surface area (Å²) in [5.74, 6) is 0. The van der Waals surface area contributed by atoms with Crippen LogP contribution in [0.2, 0.25) is 24.2 Å². The van der Waals surface area contributed by atoms with Gasteiger partial charge in [0.05, 0.1) is 8.07 Å². The predicted molar refractivity (Wildman–Crippen MR) is 89.2 cm³/mol. The highest BCUT2D eigenvalue weighted by atomic mass is 79.9. The van der Waals surface area contributed by atoms with E-state index in [0.717, 1.165) is 0 Å². The van der Waals surface area contributed by atoms with Crippen molar-refractivity contribution in [3.05, 3.63) is 34.3 Å². The Kier molecular flexibility index (Phi) is 4.55. The van der Waals surface area contributed by atoms with E-state index in [9.17, 15) is 0 Å². The Morgan fingerprint density at radius 2 is 1.61 bits per heavy atom. The SMILES string of the molecule is CC(C)(C[Si](C)(C)C(C)(C)C)c1cccc(Br)c1. The van der Waals surface area contributed by atoms with Crippen molar-refractivity contribution in [1.82, 2.24) is 0 Å². The minimum Gasteiger partial charge on any atom is -0.0689 e. The molecule has 0 heterocycles. The average Bonchev–Trinajstić information content (AvgIpc) is 2.14. The minimum atomic E-state index is -1.26. The van der Waals surface area contributed by atoms with E-state index >= 15 is 0 Å². The summed E-state index contributed by atoms with van der Waals surface area (Å²) in [6, 6.07) is 10.1. The Morgan fingerprint density at radius 3 is 2.06 bits per heavy atom. The number of rotatable bonds is 3. The van der Waals surface area contributed by atoms with Gasteiger partial charge in [-0.25, -0.2) is 0 Å². The number of hydrogen-bond acceptors (Lipinski definition) is 0. The van der Waals surface area contributed by atoms with Crippen molar-refractivity contribution in [2.45, 2.75) is 64.2 Å². The fraction of sp³-hybridized carbons (Fsp3) is 0.625. The Balaban J connectivity index is 3.02. The Bertz CT molecular complexity index is 413. The van der Waals surface area contributed by atoms with Crippen LogP contribution in [0.4, 0.5) is 0 Å². The van der Waals surface area contributed by atoms with Crippen molar-refractivity contribution in [3.63, 3.8) is 0 Å². The number of halogens is 1. The van der Waals surface area contributed by atoms with Crippen molar-refractivity contribution < 1.29 is 0 Å². The van der Waals surface area contributed by atoms with Crippen LogP contribution in [0.1, 0.15) is 40.2 Å². The molecule has 0 unspecified atom stereocenters. The molecular weight excluding hydrogens is 300 g/mol. The molecule has 0 amide bonds. The highest BCUT2D eigenvalue weighted by Gasteiger charge is 2.40. The van der Waals surface area contributed by atoms with Crippen LogP contribution in [0.15, 0.2) is 28.7 Å². The molecule has 0 atom stereocenters. The Morgan fingerprint density at radius 1 is 1.06 bits per heavy atom. The monoisotopic (exact) mass is 326 g/mol. The second-order valence-corrected chi connectivity index (χ2v) is 14.2. The van der Waals surface area contributed by atoms with E-state index in [0.29, 0.717) is 5.04 Å². The van der Waals surface area contributed by atoms with Crippen LogP contribution in [0.25, 0.3) is 0 Å². The molecule has 1 rings (SSSR count). The normalized spacial score (nSPS) is 13.8. The first-order chi connectivity index (χ1) is 7.96. The van der Waals surface area contributed by atoms with Gasteiger partial charge in [-0.2, -0.15) is 0 Å². The van der Waals surface area contributed by atoms with Gasteiger partial charge in [0.15, 0.2) is 0 Å². The topological polar surface area (TPSA) is 0 Å². The Hall–Kier alpha value is -0.0831. The standard InChI is InChI=1S/C16H27BrSi/c1-15(2,3)18(6,7)12-16(4,5)13-9-8-10-14(17)11-13/h8-11H,12H2,1-7H3. The second-order valence-electron chi connectivity index (χ2n) is 7.70. The lowest BCUT2D eigenvalue weighted by Gasteiger charge is -2.42. The third-order valence-electron chi connectivity index (χ3n) is 4.52. The molecule has 0 radical (unpaired) electrons. The first-order valence-electron chi connectivity index (χ1n) is 6.72. The van der Waals surface area contributed by atoms with Gasteiger partial charge in [0.1, 0.15) is 0 Å². The van der Waals surface area contributed by atoms with Gasteiger partial charge >= 0.3 is 0 Å². The smallest absolute Gasteiger partial charge is 0.0536 e. The molecule has 0 aliphatic rings. The molecule has 0 N–H and O–H groups in total. The van der Waals surface area contributed by atoms with Crippen LogP contribution in [-0.4, -0.2) is 8.07 Å². The van der Waals surface area contributed by atoms with Crippen molar-refractivity contribution in [2.24, 2.45) is 0 Å². The highest BCUT2D eigenvalue weighted by molar-refractivity contribution is 9.10. The fourth-order valence-electron chi connectivity index (χ4n) is 2.38. The molecule has 102 valence electrons. The van der Waals surface area contributed by atoms with Crippen molar-refractivity contribution in [2.75, 3.05) is 0 Å². The van der Waals surface area contributed by atoms with Gasteiger partial charge in [0, 0.05) is 4.47 Å². The summed E-state index contributed by atoms with van der Waals surface area (Å²) >= 11 is 3.59. The van der Waals surface area contributed by atoms with Crippen LogP contribution in [0.3, 0.4) is 0 Å². The summed E-state index contributed by atoms with van der Waals surface area (Å²) in [6.45, 7) is 17.0. The molecule has 0 bridgehead atoms. The zero-order valence-corrected chi connectivity index (χ0v) is 15.5. The lowest BCUT2D eigenvalue weighted by Crippen LogP contribution is -2.42. The van der Waals surface area contributed by atoms with Crippen molar-refractivity contribution in [3.8, 4) is 0 Å². The fourth-order valence-corrected chi connectivity index (χ4v) is 5.72. The summed E-state index contributed by atoms with van der Waals surface area (Å²) in [4.78, 5) is 0. The molecule has 1 aromatic carbocycles.